The fourth-order valence-corrected chi connectivity index (χ4v) is 9.82. The average molecular weight is 1090 g/mol. The molecule has 0 aliphatic rings. The second kappa shape index (κ2) is 28.7. The van der Waals surface area contributed by atoms with Crippen LogP contribution in [-0.2, 0) is 48.4 Å². The molecule has 3 aromatic carbocycles. The number of hydrogen-bond donors (Lipinski definition) is 5. The summed E-state index contributed by atoms with van der Waals surface area (Å²) in [5, 5.41) is 28.4. The summed E-state index contributed by atoms with van der Waals surface area (Å²) in [4.78, 5) is 29.8. The van der Waals surface area contributed by atoms with E-state index < -0.39 is 46.7 Å². The number of nitrogens with zero attached hydrogens (tertiary/aromatic N) is 3. The highest BCUT2D eigenvalue weighted by molar-refractivity contribution is 7.82. The predicted octanol–water partition coefficient (Wildman–Crippen LogP) is 14.5. The highest BCUT2D eigenvalue weighted by atomic mass is 32.2. The lowest BCUT2D eigenvalue weighted by Gasteiger charge is -2.23. The number of carboxylic acids is 2. The van der Waals surface area contributed by atoms with Gasteiger partial charge in [0, 0.05) is 22.7 Å². The summed E-state index contributed by atoms with van der Waals surface area (Å²) in [6.07, 6.45) is 15.3. The van der Waals surface area contributed by atoms with Crippen molar-refractivity contribution in [1.82, 2.24) is 19.8 Å². The van der Waals surface area contributed by atoms with Crippen LogP contribution in [0, 0.1) is 0 Å². The van der Waals surface area contributed by atoms with Crippen LogP contribution in [-0.4, -0.2) is 62.6 Å². The number of aliphatic carboxylic acids is 2. The summed E-state index contributed by atoms with van der Waals surface area (Å²) >= 11 is -4.60. The van der Waals surface area contributed by atoms with E-state index in [1.54, 1.807) is 47.1 Å². The SMILES string of the molecule is CCCCCCCCCCC(Oc1ccc(C(C)(C)C)cc1OS(=O)Nc1cc(NS(=O)Oc2cc(C(C)(C)C)ccc2OC(CCCCCCCCCC)C(=O)O)cc(-c2nc3cc(C(C)(C)C)[nH]n3n2)c1)C(=O)O. The van der Waals surface area contributed by atoms with E-state index in [1.807, 2.05) is 59.7 Å². The summed E-state index contributed by atoms with van der Waals surface area (Å²) in [6, 6.07) is 17.2. The fourth-order valence-electron chi connectivity index (χ4n) is 8.53. The zero-order chi connectivity index (χ0) is 55.6. The molecule has 4 unspecified atom stereocenters. The normalized spacial score (nSPS) is 13.7. The van der Waals surface area contributed by atoms with E-state index in [9.17, 15) is 28.2 Å². The largest absolute Gasteiger partial charge is 0.479 e. The number of benzene rings is 3. The first-order chi connectivity index (χ1) is 35.9. The van der Waals surface area contributed by atoms with Gasteiger partial charge in [-0.25, -0.2) is 14.6 Å². The minimum Gasteiger partial charge on any atom is -0.479 e. The molecule has 0 aliphatic carbocycles. The maximum Gasteiger partial charge on any atom is 0.344 e. The van der Waals surface area contributed by atoms with Gasteiger partial charge in [0.2, 0.25) is 0 Å². The lowest BCUT2D eigenvalue weighted by atomic mass is 9.87. The molecule has 76 heavy (non-hydrogen) atoms. The van der Waals surface area contributed by atoms with Gasteiger partial charge in [0.15, 0.2) is 46.7 Å². The van der Waals surface area contributed by atoms with Crippen LogP contribution < -0.4 is 27.3 Å². The Morgan fingerprint density at radius 1 is 0.566 bits per heavy atom. The van der Waals surface area contributed by atoms with Gasteiger partial charge in [-0.05, 0) is 90.1 Å². The van der Waals surface area contributed by atoms with Crippen molar-refractivity contribution in [2.45, 2.75) is 220 Å². The van der Waals surface area contributed by atoms with Gasteiger partial charge in [0.25, 0.3) is 0 Å². The van der Waals surface area contributed by atoms with Crippen LogP contribution in [0.2, 0.25) is 0 Å². The number of ether oxygens (including phenoxy) is 2. The molecule has 2 aromatic heterocycles. The molecule has 5 aromatic rings. The third-order valence-electron chi connectivity index (χ3n) is 13.2. The lowest BCUT2D eigenvalue weighted by molar-refractivity contribution is -0.146. The second-order valence-electron chi connectivity index (χ2n) is 23.0. The molecule has 0 saturated carbocycles. The molecule has 0 fully saturated rings. The van der Waals surface area contributed by atoms with Gasteiger partial charge in [-0.15, -0.1) is 5.10 Å². The van der Waals surface area contributed by atoms with Crippen molar-refractivity contribution in [2.75, 3.05) is 9.44 Å². The number of carboxylic acid groups (broad SMARTS) is 2. The van der Waals surface area contributed by atoms with E-state index in [2.05, 4.69) is 49.2 Å². The predicted molar refractivity (Wildman–Crippen MR) is 305 cm³/mol. The molecular weight excluding hydrogens is 1000 g/mol. The van der Waals surface area contributed by atoms with Crippen molar-refractivity contribution in [2.24, 2.45) is 0 Å². The molecule has 2 heterocycles. The Labute approximate surface area is 456 Å². The van der Waals surface area contributed by atoms with Crippen LogP contribution in [0.15, 0.2) is 60.7 Å². The maximum atomic E-state index is 14.1. The molecule has 0 aliphatic heterocycles. The van der Waals surface area contributed by atoms with Crippen LogP contribution in [0.1, 0.15) is 209 Å². The van der Waals surface area contributed by atoms with Crippen molar-refractivity contribution in [3.05, 3.63) is 77.5 Å². The molecule has 4 atom stereocenters. The number of unbranched alkanes of at least 4 members (excludes halogenated alkanes) is 14. The molecule has 5 N–H and O–H groups in total. The number of aromatic nitrogens is 4. The van der Waals surface area contributed by atoms with E-state index in [-0.39, 0.29) is 50.6 Å². The summed E-state index contributed by atoms with van der Waals surface area (Å²) in [5.41, 5.74) is 3.24. The van der Waals surface area contributed by atoms with Crippen molar-refractivity contribution in [1.29, 1.82) is 0 Å². The Bertz CT molecular complexity index is 2530. The first-order valence-electron chi connectivity index (χ1n) is 27.4. The van der Waals surface area contributed by atoms with E-state index >= 15 is 0 Å². The standard InChI is InChI=1S/C58H86N6O10S2/c1-12-14-16-18-20-22-24-26-28-47(54(65)66)71-45-32-30-41(56(3,4)5)36-49(45)73-75(69)62-43-34-40(53-59-52-39-51(58(9,10)11)60-64(52)61-53)35-44(38-43)63-76(70)74-50-37-42(57(6,7)8)31-33-46(50)72-48(55(67)68)29-27-25-23-21-19-17-15-13-2/h30-39,47-48,60,62-63H,12-29H2,1-11H3,(H,65,66)(H,67,68). The Hall–Kier alpha value is -5.62. The maximum absolute atomic E-state index is 14.1. The van der Waals surface area contributed by atoms with Gasteiger partial charge in [0.05, 0.1) is 11.4 Å². The molecule has 18 heteroatoms. The first-order valence-corrected chi connectivity index (χ1v) is 29.5. The fraction of sp³-hybridized carbons (Fsp3) is 0.586. The molecule has 420 valence electrons. The smallest absolute Gasteiger partial charge is 0.344 e. The van der Waals surface area contributed by atoms with Gasteiger partial charge >= 0.3 is 34.5 Å². The van der Waals surface area contributed by atoms with Crippen LogP contribution >= 0.6 is 0 Å². The number of hydrogen-bond acceptors (Lipinski definition) is 10. The van der Waals surface area contributed by atoms with E-state index in [1.165, 1.54) is 51.4 Å². The zero-order valence-corrected chi connectivity index (χ0v) is 48.6. The first kappa shape index (κ1) is 61.2. The summed E-state index contributed by atoms with van der Waals surface area (Å²) in [6.45, 7) is 22.7. The topological polar surface area (TPSA) is 216 Å². The van der Waals surface area contributed by atoms with Gasteiger partial charge in [-0.2, -0.15) is 13.0 Å². The monoisotopic (exact) mass is 1090 g/mol. The van der Waals surface area contributed by atoms with Crippen LogP contribution in [0.4, 0.5) is 11.4 Å². The van der Waals surface area contributed by atoms with Gasteiger partial charge in [-0.1, -0.05) is 178 Å². The summed E-state index contributed by atoms with van der Waals surface area (Å²) < 4.78 is 60.1. The van der Waals surface area contributed by atoms with Gasteiger partial charge in [-0.3, -0.25) is 14.5 Å². The number of H-pyrrole nitrogens is 1. The number of aromatic amines is 1. The number of anilines is 2. The lowest BCUT2D eigenvalue weighted by Crippen LogP contribution is -2.27. The van der Waals surface area contributed by atoms with Crippen molar-refractivity contribution in [3.63, 3.8) is 0 Å². The number of nitrogens with one attached hydrogen (secondary N) is 3. The third kappa shape index (κ3) is 19.4. The summed E-state index contributed by atoms with van der Waals surface area (Å²) in [5.74, 6) is -1.47. The minimum atomic E-state index is -2.30. The van der Waals surface area contributed by atoms with Crippen molar-refractivity contribution >= 4 is 51.5 Å². The van der Waals surface area contributed by atoms with Crippen LogP contribution in [0.3, 0.4) is 0 Å². The highest BCUT2D eigenvalue weighted by Crippen LogP contribution is 2.38. The third-order valence-corrected chi connectivity index (χ3v) is 14.7. The zero-order valence-electron chi connectivity index (χ0n) is 47.0. The van der Waals surface area contributed by atoms with Crippen LogP contribution in [0.25, 0.3) is 17.0 Å². The molecule has 0 amide bonds. The van der Waals surface area contributed by atoms with E-state index in [0.717, 1.165) is 55.3 Å². The Morgan fingerprint density at radius 3 is 1.34 bits per heavy atom. The Morgan fingerprint density at radius 2 is 0.974 bits per heavy atom. The van der Waals surface area contributed by atoms with Crippen molar-refractivity contribution in [3.8, 4) is 34.4 Å². The van der Waals surface area contributed by atoms with E-state index in [0.29, 0.717) is 42.7 Å². The number of carbonyl (C=O) groups is 2. The summed E-state index contributed by atoms with van der Waals surface area (Å²) in [7, 11) is 0. The Balaban J connectivity index is 1.41. The minimum absolute atomic E-state index is 0.0857. The molecule has 0 spiro atoms. The molecule has 0 bridgehead atoms. The molecule has 5 rings (SSSR count). The molecule has 0 saturated heterocycles. The number of rotatable bonds is 33. The Kier molecular flexibility index (Phi) is 23.1. The molecule has 0 radical (unpaired) electrons. The average Bonchev–Trinajstić information content (AvgIpc) is 3.94. The number of fused-ring (bicyclic) bond motifs is 1. The molecular formula is C58H86N6O10S2. The molecule has 16 nitrogen and oxygen atoms in total. The van der Waals surface area contributed by atoms with Gasteiger partial charge < -0.3 is 28.1 Å². The van der Waals surface area contributed by atoms with Crippen LogP contribution in [0.5, 0.6) is 23.0 Å². The second-order valence-corrected chi connectivity index (χ2v) is 24.7. The van der Waals surface area contributed by atoms with Crippen molar-refractivity contribution < 1.29 is 46.1 Å². The van der Waals surface area contributed by atoms with Gasteiger partial charge in [0.1, 0.15) is 0 Å². The highest BCUT2D eigenvalue weighted by Gasteiger charge is 2.27. The van der Waals surface area contributed by atoms with E-state index in [4.69, 9.17) is 27.9 Å². The quantitative estimate of drug-likeness (QED) is 0.0248.